The molecule has 2 aromatic rings. The highest BCUT2D eigenvalue weighted by atomic mass is 35.5. The maximum absolute atomic E-state index is 5.97. The molecule has 0 spiro atoms. The van der Waals surface area contributed by atoms with Gasteiger partial charge in [0.1, 0.15) is 0 Å². The average molecular weight is 268 g/mol. The van der Waals surface area contributed by atoms with E-state index in [1.807, 2.05) is 18.2 Å². The number of aromatic nitrogens is 1. The number of benzene rings is 1. The predicted octanol–water partition coefficient (Wildman–Crippen LogP) is 3.11. The van der Waals surface area contributed by atoms with Gasteiger partial charge in [0.05, 0.1) is 10.2 Å². The van der Waals surface area contributed by atoms with Crippen molar-refractivity contribution in [2.75, 3.05) is 18.4 Å². The number of rotatable bonds is 2. The van der Waals surface area contributed by atoms with E-state index in [4.69, 9.17) is 11.6 Å². The first kappa shape index (κ1) is 11.3. The molecule has 90 valence electrons. The van der Waals surface area contributed by atoms with Gasteiger partial charge in [-0.05, 0) is 44.1 Å². The Morgan fingerprint density at radius 2 is 2.18 bits per heavy atom. The van der Waals surface area contributed by atoms with Crippen LogP contribution in [0.15, 0.2) is 18.2 Å². The highest BCUT2D eigenvalue weighted by molar-refractivity contribution is 7.22. The molecule has 1 saturated heterocycles. The van der Waals surface area contributed by atoms with Crippen molar-refractivity contribution in [3.63, 3.8) is 0 Å². The van der Waals surface area contributed by atoms with Crippen LogP contribution in [0.2, 0.25) is 5.02 Å². The molecule has 17 heavy (non-hydrogen) atoms. The molecule has 0 amide bonds. The van der Waals surface area contributed by atoms with Gasteiger partial charge in [-0.15, -0.1) is 0 Å². The van der Waals surface area contributed by atoms with Crippen LogP contribution < -0.4 is 10.6 Å². The lowest BCUT2D eigenvalue weighted by Crippen LogP contribution is -2.35. The molecule has 3 rings (SSSR count). The normalized spacial score (nSPS) is 17.5. The van der Waals surface area contributed by atoms with Gasteiger partial charge in [-0.2, -0.15) is 0 Å². The minimum Gasteiger partial charge on any atom is -0.359 e. The summed E-state index contributed by atoms with van der Waals surface area (Å²) in [5, 5.41) is 8.66. The monoisotopic (exact) mass is 267 g/mol. The van der Waals surface area contributed by atoms with Gasteiger partial charge in [0.15, 0.2) is 5.13 Å². The molecule has 5 heteroatoms. The molecule has 0 radical (unpaired) electrons. The van der Waals surface area contributed by atoms with Crippen molar-refractivity contribution in [3.05, 3.63) is 23.2 Å². The Morgan fingerprint density at radius 3 is 3.00 bits per heavy atom. The van der Waals surface area contributed by atoms with Gasteiger partial charge in [0, 0.05) is 11.1 Å². The van der Waals surface area contributed by atoms with Crippen molar-refractivity contribution >= 4 is 38.3 Å². The van der Waals surface area contributed by atoms with E-state index in [0.29, 0.717) is 6.04 Å². The Morgan fingerprint density at radius 1 is 1.35 bits per heavy atom. The van der Waals surface area contributed by atoms with Crippen LogP contribution in [0.1, 0.15) is 12.8 Å². The van der Waals surface area contributed by atoms with Crippen molar-refractivity contribution in [2.24, 2.45) is 0 Å². The minimum atomic E-state index is 0.548. The summed E-state index contributed by atoms with van der Waals surface area (Å²) in [7, 11) is 0. The second kappa shape index (κ2) is 4.80. The fraction of sp³-hybridized carbons (Fsp3) is 0.417. The van der Waals surface area contributed by atoms with Gasteiger partial charge in [-0.25, -0.2) is 4.98 Å². The molecule has 0 bridgehead atoms. The Bertz CT molecular complexity index is 519. The zero-order valence-corrected chi connectivity index (χ0v) is 10.9. The highest BCUT2D eigenvalue weighted by Crippen LogP contribution is 2.29. The second-order valence-electron chi connectivity index (χ2n) is 4.30. The summed E-state index contributed by atoms with van der Waals surface area (Å²) in [4.78, 5) is 4.58. The summed E-state index contributed by atoms with van der Waals surface area (Å²) in [5.41, 5.74) is 1.02. The van der Waals surface area contributed by atoms with E-state index in [-0.39, 0.29) is 0 Å². The lowest BCUT2D eigenvalue weighted by Gasteiger charge is -2.23. The summed E-state index contributed by atoms with van der Waals surface area (Å²) >= 11 is 7.65. The summed E-state index contributed by atoms with van der Waals surface area (Å²) in [6.07, 6.45) is 2.33. The van der Waals surface area contributed by atoms with Crippen LogP contribution in [0.3, 0.4) is 0 Å². The Hall–Kier alpha value is -0.840. The number of piperidine rings is 1. The lowest BCUT2D eigenvalue weighted by atomic mass is 10.1. The first-order chi connectivity index (χ1) is 8.31. The Balaban J connectivity index is 1.80. The molecule has 0 atom stereocenters. The zero-order valence-electron chi connectivity index (χ0n) is 9.37. The number of hydrogen-bond donors (Lipinski definition) is 2. The fourth-order valence-corrected chi connectivity index (χ4v) is 3.32. The van der Waals surface area contributed by atoms with Gasteiger partial charge in [0.2, 0.25) is 0 Å². The third-order valence-electron chi connectivity index (χ3n) is 3.02. The molecule has 2 heterocycles. The third-order valence-corrected chi connectivity index (χ3v) is 4.20. The maximum atomic E-state index is 5.97. The second-order valence-corrected chi connectivity index (χ2v) is 5.77. The number of fused-ring (bicyclic) bond motifs is 1. The van der Waals surface area contributed by atoms with Crippen molar-refractivity contribution in [2.45, 2.75) is 18.9 Å². The van der Waals surface area contributed by atoms with Crippen molar-refractivity contribution in [3.8, 4) is 0 Å². The number of nitrogens with zero attached hydrogens (tertiary/aromatic N) is 1. The molecule has 1 aromatic carbocycles. The molecule has 0 saturated carbocycles. The van der Waals surface area contributed by atoms with Crippen LogP contribution in [-0.4, -0.2) is 24.1 Å². The molecule has 1 fully saturated rings. The van der Waals surface area contributed by atoms with E-state index in [0.717, 1.165) is 46.3 Å². The summed E-state index contributed by atoms with van der Waals surface area (Å²) in [6.45, 7) is 2.18. The van der Waals surface area contributed by atoms with Gasteiger partial charge >= 0.3 is 0 Å². The molecule has 1 aliphatic rings. The van der Waals surface area contributed by atoms with Crippen molar-refractivity contribution < 1.29 is 0 Å². The molecule has 2 N–H and O–H groups in total. The van der Waals surface area contributed by atoms with E-state index in [9.17, 15) is 0 Å². The first-order valence-electron chi connectivity index (χ1n) is 5.84. The van der Waals surface area contributed by atoms with E-state index in [1.165, 1.54) is 0 Å². The predicted molar refractivity (Wildman–Crippen MR) is 74.1 cm³/mol. The number of halogens is 1. The SMILES string of the molecule is Clc1ccc2nc(NC3CCNCC3)sc2c1. The van der Waals surface area contributed by atoms with Crippen molar-refractivity contribution in [1.29, 1.82) is 0 Å². The van der Waals surface area contributed by atoms with E-state index >= 15 is 0 Å². The molecular weight excluding hydrogens is 254 g/mol. The van der Waals surface area contributed by atoms with Crippen LogP contribution >= 0.6 is 22.9 Å². The third kappa shape index (κ3) is 2.54. The maximum Gasteiger partial charge on any atom is 0.184 e. The standard InChI is InChI=1S/C12H14ClN3S/c13-8-1-2-10-11(7-8)17-12(16-10)15-9-3-5-14-6-4-9/h1-2,7,9,14H,3-6H2,(H,15,16). The van der Waals surface area contributed by atoms with Crippen LogP contribution in [0.25, 0.3) is 10.2 Å². The van der Waals surface area contributed by atoms with Crippen LogP contribution in [0, 0.1) is 0 Å². The summed E-state index contributed by atoms with van der Waals surface area (Å²) < 4.78 is 1.15. The molecular formula is C12H14ClN3S. The van der Waals surface area contributed by atoms with E-state index < -0.39 is 0 Å². The minimum absolute atomic E-state index is 0.548. The quantitative estimate of drug-likeness (QED) is 0.878. The van der Waals surface area contributed by atoms with Gasteiger partial charge < -0.3 is 10.6 Å². The topological polar surface area (TPSA) is 37.0 Å². The average Bonchev–Trinajstić information content (AvgIpc) is 2.71. The van der Waals surface area contributed by atoms with Crippen LogP contribution in [-0.2, 0) is 0 Å². The molecule has 1 aliphatic heterocycles. The van der Waals surface area contributed by atoms with E-state index in [2.05, 4.69) is 15.6 Å². The molecule has 0 unspecified atom stereocenters. The summed E-state index contributed by atoms with van der Waals surface area (Å²) in [5.74, 6) is 0. The number of anilines is 1. The lowest BCUT2D eigenvalue weighted by molar-refractivity contribution is 0.479. The number of nitrogens with one attached hydrogen (secondary N) is 2. The molecule has 3 nitrogen and oxygen atoms in total. The van der Waals surface area contributed by atoms with Gasteiger partial charge in [-0.1, -0.05) is 22.9 Å². The van der Waals surface area contributed by atoms with Crippen molar-refractivity contribution in [1.82, 2.24) is 10.3 Å². The first-order valence-corrected chi connectivity index (χ1v) is 7.04. The van der Waals surface area contributed by atoms with Gasteiger partial charge in [0.25, 0.3) is 0 Å². The number of hydrogen-bond acceptors (Lipinski definition) is 4. The zero-order chi connectivity index (χ0) is 11.7. The largest absolute Gasteiger partial charge is 0.359 e. The molecule has 0 aliphatic carbocycles. The van der Waals surface area contributed by atoms with Crippen LogP contribution in [0.4, 0.5) is 5.13 Å². The highest BCUT2D eigenvalue weighted by Gasteiger charge is 2.14. The Labute approximate surface area is 109 Å². The van der Waals surface area contributed by atoms with Crippen LogP contribution in [0.5, 0.6) is 0 Å². The fourth-order valence-electron chi connectivity index (χ4n) is 2.10. The summed E-state index contributed by atoms with van der Waals surface area (Å²) in [6, 6.07) is 6.38. The van der Waals surface area contributed by atoms with Gasteiger partial charge in [-0.3, -0.25) is 0 Å². The van der Waals surface area contributed by atoms with E-state index in [1.54, 1.807) is 11.3 Å². The number of thiazole rings is 1. The Kier molecular flexibility index (Phi) is 3.18. The molecule has 1 aromatic heterocycles. The smallest absolute Gasteiger partial charge is 0.184 e.